The molecule has 1 aromatic rings. The maximum atomic E-state index is 5.35. The van der Waals surface area contributed by atoms with Crippen LogP contribution in [0.3, 0.4) is 0 Å². The Morgan fingerprint density at radius 2 is 1.95 bits per heavy atom. The molecule has 0 bridgehead atoms. The van der Waals surface area contributed by atoms with Crippen LogP contribution in [-0.2, 0) is 0 Å². The van der Waals surface area contributed by atoms with Gasteiger partial charge in [-0.1, -0.05) is 26.2 Å². The molecule has 1 atom stereocenters. The lowest BCUT2D eigenvalue weighted by atomic mass is 9.77. The van der Waals surface area contributed by atoms with Crippen LogP contribution in [-0.4, -0.2) is 24.1 Å². The van der Waals surface area contributed by atoms with Gasteiger partial charge in [0.2, 0.25) is 5.88 Å². The third kappa shape index (κ3) is 3.24. The van der Waals surface area contributed by atoms with Crippen molar-refractivity contribution in [3.05, 3.63) is 18.1 Å². The van der Waals surface area contributed by atoms with Crippen LogP contribution in [0, 0.1) is 11.8 Å². The predicted molar refractivity (Wildman–Crippen MR) is 76.1 cm³/mol. The summed E-state index contributed by atoms with van der Waals surface area (Å²) in [5.74, 6) is 2.20. The molecule has 0 radical (unpaired) electrons. The smallest absolute Gasteiger partial charge is 0.237 e. The van der Waals surface area contributed by atoms with Gasteiger partial charge in [-0.2, -0.15) is 0 Å². The lowest BCUT2D eigenvalue weighted by molar-refractivity contribution is 0.218. The molecule has 1 fully saturated rings. The fraction of sp³-hybridized carbons (Fsp3) is 0.733. The van der Waals surface area contributed by atoms with E-state index in [2.05, 4.69) is 22.2 Å². The molecule has 0 spiro atoms. The number of ether oxygens (including phenoxy) is 1. The van der Waals surface area contributed by atoms with Crippen molar-refractivity contribution in [2.24, 2.45) is 11.8 Å². The number of aromatic nitrogens is 2. The van der Waals surface area contributed by atoms with Gasteiger partial charge in [0.1, 0.15) is 5.69 Å². The van der Waals surface area contributed by atoms with Gasteiger partial charge in [-0.15, -0.1) is 0 Å². The van der Waals surface area contributed by atoms with Crippen LogP contribution < -0.4 is 10.1 Å². The standard InChI is InChI=1S/C15H25N3O/c1-4-11-5-7-12(8-6-11)13(16-2)14-15(19-3)18-10-9-17-14/h9-13,16H,4-8H2,1-3H3. The summed E-state index contributed by atoms with van der Waals surface area (Å²) in [6.45, 7) is 2.30. The highest BCUT2D eigenvalue weighted by atomic mass is 16.5. The highest BCUT2D eigenvalue weighted by molar-refractivity contribution is 5.22. The molecule has 0 aliphatic heterocycles. The van der Waals surface area contributed by atoms with Crippen molar-refractivity contribution in [1.29, 1.82) is 0 Å². The van der Waals surface area contributed by atoms with E-state index in [0.717, 1.165) is 11.6 Å². The summed E-state index contributed by atoms with van der Waals surface area (Å²) in [6.07, 6.45) is 9.95. The van der Waals surface area contributed by atoms with Gasteiger partial charge < -0.3 is 10.1 Å². The number of methoxy groups -OCH3 is 1. The Kier molecular flexibility index (Phi) is 5.14. The monoisotopic (exact) mass is 263 g/mol. The van der Waals surface area contributed by atoms with E-state index in [9.17, 15) is 0 Å². The van der Waals surface area contributed by atoms with Crippen molar-refractivity contribution in [2.45, 2.75) is 45.1 Å². The SMILES string of the molecule is CCC1CCC(C(NC)c2nccnc2OC)CC1. The maximum Gasteiger partial charge on any atom is 0.237 e. The summed E-state index contributed by atoms with van der Waals surface area (Å²) in [5, 5.41) is 3.41. The zero-order valence-electron chi connectivity index (χ0n) is 12.2. The normalized spacial score (nSPS) is 25.0. The first-order chi connectivity index (χ1) is 9.30. The number of hydrogen-bond acceptors (Lipinski definition) is 4. The molecule has 1 aliphatic carbocycles. The van der Waals surface area contributed by atoms with Gasteiger partial charge in [-0.25, -0.2) is 4.98 Å². The second kappa shape index (κ2) is 6.85. The van der Waals surface area contributed by atoms with E-state index in [1.807, 2.05) is 7.05 Å². The quantitative estimate of drug-likeness (QED) is 0.887. The van der Waals surface area contributed by atoms with E-state index in [0.29, 0.717) is 11.8 Å². The molecule has 0 saturated heterocycles. The van der Waals surface area contributed by atoms with Crippen LogP contribution in [0.5, 0.6) is 5.88 Å². The summed E-state index contributed by atoms with van der Waals surface area (Å²) in [6, 6.07) is 0.251. The Morgan fingerprint density at radius 3 is 2.53 bits per heavy atom. The summed E-state index contributed by atoms with van der Waals surface area (Å²) < 4.78 is 5.35. The first-order valence-electron chi connectivity index (χ1n) is 7.32. The minimum Gasteiger partial charge on any atom is -0.480 e. The Bertz CT molecular complexity index is 389. The van der Waals surface area contributed by atoms with E-state index in [4.69, 9.17) is 4.74 Å². The number of nitrogens with one attached hydrogen (secondary N) is 1. The van der Waals surface area contributed by atoms with E-state index < -0.39 is 0 Å². The van der Waals surface area contributed by atoms with Gasteiger partial charge in [0.15, 0.2) is 0 Å². The van der Waals surface area contributed by atoms with Gasteiger partial charge >= 0.3 is 0 Å². The van der Waals surface area contributed by atoms with Gasteiger partial charge in [0.05, 0.1) is 13.2 Å². The first-order valence-corrected chi connectivity index (χ1v) is 7.32. The average molecular weight is 263 g/mol. The van der Waals surface area contributed by atoms with E-state index in [-0.39, 0.29) is 6.04 Å². The zero-order valence-corrected chi connectivity index (χ0v) is 12.2. The molecular formula is C15H25N3O. The Labute approximate surface area is 116 Å². The predicted octanol–water partition coefficient (Wildman–Crippen LogP) is 2.96. The van der Waals surface area contributed by atoms with Gasteiger partial charge in [-0.05, 0) is 31.7 Å². The molecule has 1 aromatic heterocycles. The highest BCUT2D eigenvalue weighted by Crippen LogP contribution is 2.38. The second-order valence-corrected chi connectivity index (χ2v) is 5.41. The molecule has 19 heavy (non-hydrogen) atoms. The van der Waals surface area contributed by atoms with Crippen molar-refractivity contribution < 1.29 is 4.74 Å². The molecule has 1 saturated carbocycles. The maximum absolute atomic E-state index is 5.35. The molecule has 0 amide bonds. The molecule has 106 valence electrons. The Hall–Kier alpha value is -1.16. The molecule has 1 heterocycles. The molecule has 0 aromatic carbocycles. The lowest BCUT2D eigenvalue weighted by Gasteiger charge is -2.33. The lowest BCUT2D eigenvalue weighted by Crippen LogP contribution is -2.30. The fourth-order valence-corrected chi connectivity index (χ4v) is 3.23. The van der Waals surface area contributed by atoms with Crippen LogP contribution in [0.1, 0.15) is 50.8 Å². The number of hydrogen-bond donors (Lipinski definition) is 1. The molecule has 4 nitrogen and oxygen atoms in total. The van der Waals surface area contributed by atoms with E-state index in [1.165, 1.54) is 32.1 Å². The average Bonchev–Trinajstić information content (AvgIpc) is 2.49. The molecule has 4 heteroatoms. The third-order valence-corrected chi connectivity index (χ3v) is 4.43. The van der Waals surface area contributed by atoms with Gasteiger partial charge in [0.25, 0.3) is 0 Å². The summed E-state index contributed by atoms with van der Waals surface area (Å²) in [4.78, 5) is 8.75. The van der Waals surface area contributed by atoms with Crippen molar-refractivity contribution in [3.8, 4) is 5.88 Å². The highest BCUT2D eigenvalue weighted by Gasteiger charge is 2.30. The third-order valence-electron chi connectivity index (χ3n) is 4.43. The molecule has 1 unspecified atom stereocenters. The van der Waals surface area contributed by atoms with Crippen LogP contribution >= 0.6 is 0 Å². The van der Waals surface area contributed by atoms with Crippen molar-refractivity contribution >= 4 is 0 Å². The van der Waals surface area contributed by atoms with Crippen molar-refractivity contribution in [3.63, 3.8) is 0 Å². The molecule has 1 aliphatic rings. The molecular weight excluding hydrogens is 238 g/mol. The summed E-state index contributed by atoms with van der Waals surface area (Å²) >= 11 is 0. The zero-order chi connectivity index (χ0) is 13.7. The minimum atomic E-state index is 0.251. The van der Waals surface area contributed by atoms with Crippen LogP contribution in [0.4, 0.5) is 0 Å². The van der Waals surface area contributed by atoms with Crippen LogP contribution in [0.25, 0.3) is 0 Å². The van der Waals surface area contributed by atoms with E-state index in [1.54, 1.807) is 19.5 Å². The largest absolute Gasteiger partial charge is 0.480 e. The number of rotatable bonds is 5. The minimum absolute atomic E-state index is 0.251. The number of nitrogens with zero attached hydrogens (tertiary/aromatic N) is 2. The van der Waals surface area contributed by atoms with E-state index >= 15 is 0 Å². The molecule has 2 rings (SSSR count). The van der Waals surface area contributed by atoms with Crippen molar-refractivity contribution in [1.82, 2.24) is 15.3 Å². The van der Waals surface area contributed by atoms with Crippen LogP contribution in [0.2, 0.25) is 0 Å². The topological polar surface area (TPSA) is 47.0 Å². The fourth-order valence-electron chi connectivity index (χ4n) is 3.23. The summed E-state index contributed by atoms with van der Waals surface area (Å²) in [5.41, 5.74) is 0.951. The Balaban J connectivity index is 2.12. The Morgan fingerprint density at radius 1 is 1.26 bits per heavy atom. The van der Waals surface area contributed by atoms with Gasteiger partial charge in [0, 0.05) is 12.4 Å². The molecule has 1 N–H and O–H groups in total. The van der Waals surface area contributed by atoms with Gasteiger partial charge in [-0.3, -0.25) is 4.98 Å². The first kappa shape index (κ1) is 14.3. The summed E-state index contributed by atoms with van der Waals surface area (Å²) in [7, 11) is 3.67. The second-order valence-electron chi connectivity index (χ2n) is 5.41. The van der Waals surface area contributed by atoms with Crippen LogP contribution in [0.15, 0.2) is 12.4 Å². The van der Waals surface area contributed by atoms with Crippen molar-refractivity contribution in [2.75, 3.05) is 14.2 Å².